The van der Waals surface area contributed by atoms with Crippen molar-refractivity contribution in [1.82, 2.24) is 25.3 Å². The quantitative estimate of drug-likeness (QED) is 0.449. The molecule has 2 heterocycles. The summed E-state index contributed by atoms with van der Waals surface area (Å²) >= 11 is 0. The summed E-state index contributed by atoms with van der Waals surface area (Å²) in [6.07, 6.45) is 2.20. The lowest BCUT2D eigenvalue weighted by Gasteiger charge is -2.22. The van der Waals surface area contributed by atoms with Gasteiger partial charge in [-0.05, 0) is 36.8 Å². The summed E-state index contributed by atoms with van der Waals surface area (Å²) < 4.78 is 24.2. The summed E-state index contributed by atoms with van der Waals surface area (Å²) in [7, 11) is 3.35. The van der Waals surface area contributed by atoms with Gasteiger partial charge in [-0.25, -0.2) is 4.39 Å². The number of ether oxygens (including phenoxy) is 1. The number of nitrogens with zero attached hydrogens (tertiary/aromatic N) is 5. The molecule has 0 aliphatic carbocycles. The van der Waals surface area contributed by atoms with Crippen LogP contribution in [-0.2, 0) is 13.0 Å². The van der Waals surface area contributed by atoms with Gasteiger partial charge in [0.2, 0.25) is 0 Å². The molecule has 0 aliphatic rings. The van der Waals surface area contributed by atoms with Crippen LogP contribution in [-0.4, -0.2) is 53.2 Å². The van der Waals surface area contributed by atoms with E-state index in [0.29, 0.717) is 49.4 Å². The highest BCUT2D eigenvalue weighted by molar-refractivity contribution is 5.79. The zero-order valence-electron chi connectivity index (χ0n) is 17.3. The van der Waals surface area contributed by atoms with Crippen LogP contribution in [0.5, 0.6) is 5.75 Å². The molecule has 0 fully saturated rings. The molecular weight excluding hydrogens is 387 g/mol. The Morgan fingerprint density at radius 2 is 2.17 bits per heavy atom. The summed E-state index contributed by atoms with van der Waals surface area (Å²) in [5, 5.41) is 7.23. The van der Waals surface area contributed by atoms with Crippen molar-refractivity contribution >= 4 is 5.96 Å². The van der Waals surface area contributed by atoms with Crippen LogP contribution in [0.1, 0.15) is 18.3 Å². The maximum Gasteiger partial charge on any atom is 0.276 e. The Balaban J connectivity index is 1.61. The SMILES string of the molecule is CCNC(=NCCc1noc(-c2ccccn2)n1)N(C)Cc1ccc(OC)c(F)c1. The molecule has 0 saturated heterocycles. The lowest BCUT2D eigenvalue weighted by molar-refractivity contribution is 0.385. The van der Waals surface area contributed by atoms with Crippen LogP contribution in [0.4, 0.5) is 4.39 Å². The van der Waals surface area contributed by atoms with Crippen LogP contribution in [0.2, 0.25) is 0 Å². The molecule has 9 heteroatoms. The molecule has 3 aromatic rings. The van der Waals surface area contributed by atoms with Crippen LogP contribution in [0.15, 0.2) is 52.1 Å². The predicted octanol–water partition coefficient (Wildman–Crippen LogP) is 2.92. The molecular formula is C21H25FN6O2. The third-order valence-corrected chi connectivity index (χ3v) is 4.28. The molecule has 0 bridgehead atoms. The van der Waals surface area contributed by atoms with Gasteiger partial charge in [-0.15, -0.1) is 0 Å². The Kier molecular flexibility index (Phi) is 7.31. The number of aromatic nitrogens is 3. The molecule has 0 unspecified atom stereocenters. The van der Waals surface area contributed by atoms with E-state index in [1.807, 2.05) is 43.1 Å². The van der Waals surface area contributed by atoms with E-state index in [4.69, 9.17) is 9.26 Å². The Bertz CT molecular complexity index is 977. The van der Waals surface area contributed by atoms with Gasteiger partial charge >= 0.3 is 0 Å². The molecule has 0 amide bonds. The first-order valence-corrected chi connectivity index (χ1v) is 9.66. The summed E-state index contributed by atoms with van der Waals surface area (Å²) in [6.45, 7) is 3.69. The van der Waals surface area contributed by atoms with Gasteiger partial charge in [0, 0.05) is 39.3 Å². The van der Waals surface area contributed by atoms with Crippen molar-refractivity contribution in [3.8, 4) is 17.3 Å². The first-order valence-electron chi connectivity index (χ1n) is 9.66. The minimum Gasteiger partial charge on any atom is -0.494 e. The fourth-order valence-electron chi connectivity index (χ4n) is 2.84. The van der Waals surface area contributed by atoms with E-state index < -0.39 is 0 Å². The number of aliphatic imine (C=N–C) groups is 1. The minimum absolute atomic E-state index is 0.229. The van der Waals surface area contributed by atoms with Gasteiger partial charge in [-0.1, -0.05) is 17.3 Å². The molecule has 3 rings (SSSR count). The molecule has 8 nitrogen and oxygen atoms in total. The summed E-state index contributed by atoms with van der Waals surface area (Å²) in [6, 6.07) is 10.4. The highest BCUT2D eigenvalue weighted by atomic mass is 19.1. The number of guanidine groups is 1. The molecule has 0 saturated carbocycles. The molecule has 30 heavy (non-hydrogen) atoms. The lowest BCUT2D eigenvalue weighted by atomic mass is 10.2. The second-order valence-electron chi connectivity index (χ2n) is 6.54. The average molecular weight is 412 g/mol. The van der Waals surface area contributed by atoms with Crippen molar-refractivity contribution in [3.63, 3.8) is 0 Å². The topological polar surface area (TPSA) is 88.7 Å². The second kappa shape index (κ2) is 10.3. The number of hydrogen-bond acceptors (Lipinski definition) is 6. The highest BCUT2D eigenvalue weighted by Crippen LogP contribution is 2.18. The Labute approximate surface area is 174 Å². The smallest absolute Gasteiger partial charge is 0.276 e. The molecule has 0 atom stereocenters. The van der Waals surface area contributed by atoms with Crippen molar-refractivity contribution in [2.45, 2.75) is 19.9 Å². The van der Waals surface area contributed by atoms with Crippen molar-refractivity contribution in [3.05, 3.63) is 59.8 Å². The van der Waals surface area contributed by atoms with Crippen LogP contribution < -0.4 is 10.1 Å². The Morgan fingerprint density at radius 1 is 1.30 bits per heavy atom. The maximum absolute atomic E-state index is 13.9. The molecule has 0 spiro atoms. The second-order valence-corrected chi connectivity index (χ2v) is 6.54. The van der Waals surface area contributed by atoms with Gasteiger partial charge in [0.1, 0.15) is 5.69 Å². The van der Waals surface area contributed by atoms with E-state index in [2.05, 4.69) is 25.4 Å². The van der Waals surface area contributed by atoms with Gasteiger partial charge in [0.25, 0.3) is 5.89 Å². The first-order chi connectivity index (χ1) is 14.6. The molecule has 1 aromatic carbocycles. The van der Waals surface area contributed by atoms with Crippen molar-refractivity contribution in [1.29, 1.82) is 0 Å². The van der Waals surface area contributed by atoms with Crippen molar-refractivity contribution in [2.24, 2.45) is 4.99 Å². The maximum atomic E-state index is 13.9. The standard InChI is InChI=1S/C21H25FN6O2/c1-4-23-21(28(2)14-15-8-9-18(29-3)16(22)13-15)25-12-10-19-26-20(30-27-19)17-7-5-6-11-24-17/h5-9,11,13H,4,10,12,14H2,1-3H3,(H,23,25). The largest absolute Gasteiger partial charge is 0.494 e. The minimum atomic E-state index is -0.383. The molecule has 0 aliphatic heterocycles. The lowest BCUT2D eigenvalue weighted by Crippen LogP contribution is -2.38. The number of rotatable bonds is 8. The first kappa shape index (κ1) is 21.2. The normalized spacial score (nSPS) is 11.4. The number of methoxy groups -OCH3 is 1. The van der Waals surface area contributed by atoms with Gasteiger partial charge in [0.15, 0.2) is 23.4 Å². The fraction of sp³-hybridized carbons (Fsp3) is 0.333. The van der Waals surface area contributed by atoms with Gasteiger partial charge < -0.3 is 19.5 Å². The number of pyridine rings is 1. The van der Waals surface area contributed by atoms with Crippen LogP contribution in [0.3, 0.4) is 0 Å². The summed E-state index contributed by atoms with van der Waals surface area (Å²) in [5.41, 5.74) is 1.46. The van der Waals surface area contributed by atoms with E-state index in [-0.39, 0.29) is 11.6 Å². The highest BCUT2D eigenvalue weighted by Gasteiger charge is 2.11. The van der Waals surface area contributed by atoms with E-state index in [1.54, 1.807) is 12.3 Å². The molecule has 1 N–H and O–H groups in total. The van der Waals surface area contributed by atoms with Gasteiger partial charge in [-0.2, -0.15) is 4.98 Å². The summed E-state index contributed by atoms with van der Waals surface area (Å²) in [4.78, 5) is 15.1. The number of benzene rings is 1. The van der Waals surface area contributed by atoms with Crippen LogP contribution in [0, 0.1) is 5.82 Å². The number of nitrogens with one attached hydrogen (secondary N) is 1. The van der Waals surface area contributed by atoms with E-state index >= 15 is 0 Å². The van der Waals surface area contributed by atoms with Crippen LogP contribution in [0.25, 0.3) is 11.6 Å². The van der Waals surface area contributed by atoms with Gasteiger partial charge in [0.05, 0.1) is 7.11 Å². The van der Waals surface area contributed by atoms with Crippen molar-refractivity contribution in [2.75, 3.05) is 27.2 Å². The third kappa shape index (κ3) is 5.53. The zero-order chi connectivity index (χ0) is 21.3. The molecule has 158 valence electrons. The van der Waals surface area contributed by atoms with E-state index in [0.717, 1.165) is 5.56 Å². The number of halogens is 1. The monoisotopic (exact) mass is 412 g/mol. The predicted molar refractivity (Wildman–Crippen MR) is 112 cm³/mol. The Hall–Kier alpha value is -3.49. The summed E-state index contributed by atoms with van der Waals surface area (Å²) in [5.74, 6) is 1.51. The van der Waals surface area contributed by atoms with Gasteiger partial charge in [-0.3, -0.25) is 9.98 Å². The Morgan fingerprint density at radius 3 is 2.87 bits per heavy atom. The molecule has 2 aromatic heterocycles. The van der Waals surface area contributed by atoms with Crippen molar-refractivity contribution < 1.29 is 13.7 Å². The number of hydrogen-bond donors (Lipinski definition) is 1. The average Bonchev–Trinajstić information content (AvgIpc) is 3.23. The van der Waals surface area contributed by atoms with E-state index in [9.17, 15) is 4.39 Å². The molecule has 0 radical (unpaired) electrons. The third-order valence-electron chi connectivity index (χ3n) is 4.28. The zero-order valence-corrected chi connectivity index (χ0v) is 17.3. The van der Waals surface area contributed by atoms with Crippen LogP contribution >= 0.6 is 0 Å². The van der Waals surface area contributed by atoms with E-state index in [1.165, 1.54) is 13.2 Å². The fourth-order valence-corrected chi connectivity index (χ4v) is 2.84.